The minimum atomic E-state index is 0.480. The molecule has 1 aromatic rings. The second-order valence-corrected chi connectivity index (χ2v) is 7.35. The molecule has 0 radical (unpaired) electrons. The topological polar surface area (TPSA) is 0 Å². The Morgan fingerprint density at radius 3 is 2.56 bits per heavy atom. The SMILES string of the molecule is CCc1ccc(C(Br)C2(C)CCCCC2)s1. The molecule has 1 aliphatic rings. The van der Waals surface area contributed by atoms with E-state index in [1.165, 1.54) is 48.3 Å². The van der Waals surface area contributed by atoms with E-state index < -0.39 is 0 Å². The van der Waals surface area contributed by atoms with Crippen molar-refractivity contribution in [3.05, 3.63) is 21.9 Å². The zero-order chi connectivity index (χ0) is 11.6. The molecular weight excluding hydrogens is 280 g/mol. The van der Waals surface area contributed by atoms with Crippen LogP contribution in [0.4, 0.5) is 0 Å². The average Bonchev–Trinajstić information content (AvgIpc) is 2.77. The Morgan fingerprint density at radius 2 is 2.00 bits per heavy atom. The van der Waals surface area contributed by atoms with Gasteiger partial charge in [0.05, 0.1) is 4.83 Å². The monoisotopic (exact) mass is 300 g/mol. The van der Waals surface area contributed by atoms with Gasteiger partial charge in [-0.3, -0.25) is 0 Å². The lowest BCUT2D eigenvalue weighted by Gasteiger charge is -2.37. The molecule has 90 valence electrons. The molecule has 0 aromatic carbocycles. The molecule has 1 atom stereocenters. The molecule has 1 aliphatic carbocycles. The molecular formula is C14H21BrS. The maximum atomic E-state index is 3.96. The van der Waals surface area contributed by atoms with Crippen molar-refractivity contribution >= 4 is 27.3 Å². The standard InChI is InChI=1S/C14H21BrS/c1-3-11-7-8-12(16-11)13(15)14(2)9-5-4-6-10-14/h7-8,13H,3-6,9-10H2,1-2H3. The molecule has 0 aliphatic heterocycles. The van der Waals surface area contributed by atoms with Crippen LogP contribution in [0.1, 0.15) is 60.5 Å². The summed E-state index contributed by atoms with van der Waals surface area (Å²) in [6.07, 6.45) is 8.17. The molecule has 1 fully saturated rings. The molecule has 1 saturated carbocycles. The molecule has 1 unspecified atom stereocenters. The first-order valence-electron chi connectivity index (χ1n) is 6.38. The van der Waals surface area contributed by atoms with Crippen molar-refractivity contribution in [3.63, 3.8) is 0 Å². The van der Waals surface area contributed by atoms with Gasteiger partial charge >= 0.3 is 0 Å². The number of hydrogen-bond acceptors (Lipinski definition) is 1. The van der Waals surface area contributed by atoms with Gasteiger partial charge in [0.2, 0.25) is 0 Å². The van der Waals surface area contributed by atoms with E-state index in [9.17, 15) is 0 Å². The second kappa shape index (κ2) is 5.22. The van der Waals surface area contributed by atoms with Crippen molar-refractivity contribution in [2.75, 3.05) is 0 Å². The summed E-state index contributed by atoms with van der Waals surface area (Å²) in [6.45, 7) is 4.69. The van der Waals surface area contributed by atoms with Gasteiger partial charge in [0.15, 0.2) is 0 Å². The van der Waals surface area contributed by atoms with Crippen LogP contribution < -0.4 is 0 Å². The highest BCUT2D eigenvalue weighted by molar-refractivity contribution is 9.09. The van der Waals surface area contributed by atoms with Crippen molar-refractivity contribution in [1.29, 1.82) is 0 Å². The Balaban J connectivity index is 2.13. The summed E-state index contributed by atoms with van der Waals surface area (Å²) in [5, 5.41) is 0. The van der Waals surface area contributed by atoms with E-state index in [2.05, 4.69) is 41.9 Å². The van der Waals surface area contributed by atoms with E-state index in [0.717, 1.165) is 0 Å². The predicted octanol–water partition coefficient (Wildman–Crippen LogP) is 5.72. The highest BCUT2D eigenvalue weighted by Gasteiger charge is 2.35. The van der Waals surface area contributed by atoms with E-state index in [0.29, 0.717) is 10.2 Å². The molecule has 0 N–H and O–H groups in total. The van der Waals surface area contributed by atoms with Crippen molar-refractivity contribution in [2.45, 2.75) is 57.2 Å². The third kappa shape index (κ3) is 2.53. The molecule has 1 heterocycles. The first-order chi connectivity index (χ1) is 7.65. The smallest absolute Gasteiger partial charge is 0.0542 e. The number of rotatable bonds is 3. The first-order valence-corrected chi connectivity index (χ1v) is 8.11. The van der Waals surface area contributed by atoms with Crippen LogP contribution in [0.3, 0.4) is 0 Å². The maximum absolute atomic E-state index is 3.96. The molecule has 2 rings (SSSR count). The molecule has 0 saturated heterocycles. The van der Waals surface area contributed by atoms with Gasteiger partial charge in [-0.1, -0.05) is 49.0 Å². The Morgan fingerprint density at radius 1 is 1.31 bits per heavy atom. The summed E-state index contributed by atoms with van der Waals surface area (Å²) in [5.74, 6) is 0. The fourth-order valence-corrected chi connectivity index (χ4v) is 4.68. The van der Waals surface area contributed by atoms with Gasteiger partial charge in [0, 0.05) is 9.75 Å². The summed E-state index contributed by atoms with van der Waals surface area (Å²) in [6, 6.07) is 4.61. The van der Waals surface area contributed by atoms with Crippen molar-refractivity contribution in [1.82, 2.24) is 0 Å². The van der Waals surface area contributed by atoms with Crippen LogP contribution in [0, 0.1) is 5.41 Å². The van der Waals surface area contributed by atoms with Gasteiger partial charge in [-0.05, 0) is 36.8 Å². The van der Waals surface area contributed by atoms with Crippen LogP contribution >= 0.6 is 27.3 Å². The quantitative estimate of drug-likeness (QED) is 0.627. The fourth-order valence-electron chi connectivity index (χ4n) is 2.68. The summed E-state index contributed by atoms with van der Waals surface area (Å²) in [5.41, 5.74) is 0.480. The van der Waals surface area contributed by atoms with Crippen LogP contribution in [0.25, 0.3) is 0 Å². The largest absolute Gasteiger partial charge is 0.144 e. The third-order valence-electron chi connectivity index (χ3n) is 3.89. The van der Waals surface area contributed by atoms with Gasteiger partial charge in [-0.2, -0.15) is 0 Å². The fraction of sp³-hybridized carbons (Fsp3) is 0.714. The van der Waals surface area contributed by atoms with E-state index >= 15 is 0 Å². The molecule has 0 amide bonds. The molecule has 16 heavy (non-hydrogen) atoms. The van der Waals surface area contributed by atoms with Gasteiger partial charge in [0.25, 0.3) is 0 Å². The zero-order valence-corrected chi connectivity index (χ0v) is 12.7. The minimum Gasteiger partial charge on any atom is -0.144 e. The average molecular weight is 301 g/mol. The van der Waals surface area contributed by atoms with Gasteiger partial charge in [-0.25, -0.2) is 0 Å². The Labute approximate surface area is 112 Å². The number of aryl methyl sites for hydroxylation is 1. The summed E-state index contributed by atoms with van der Waals surface area (Å²) in [7, 11) is 0. The third-order valence-corrected chi connectivity index (χ3v) is 7.08. The van der Waals surface area contributed by atoms with Gasteiger partial charge in [-0.15, -0.1) is 11.3 Å². The van der Waals surface area contributed by atoms with Crippen LogP contribution in [-0.2, 0) is 6.42 Å². The predicted molar refractivity (Wildman–Crippen MR) is 76.6 cm³/mol. The summed E-state index contributed by atoms with van der Waals surface area (Å²) in [4.78, 5) is 3.60. The molecule has 0 nitrogen and oxygen atoms in total. The van der Waals surface area contributed by atoms with Crippen LogP contribution in [-0.4, -0.2) is 0 Å². The van der Waals surface area contributed by atoms with Crippen LogP contribution in [0.2, 0.25) is 0 Å². The van der Waals surface area contributed by atoms with E-state index in [4.69, 9.17) is 0 Å². The molecule has 2 heteroatoms. The molecule has 1 aromatic heterocycles. The van der Waals surface area contributed by atoms with Crippen molar-refractivity contribution < 1.29 is 0 Å². The molecule has 0 spiro atoms. The Kier molecular flexibility index (Phi) is 4.12. The lowest BCUT2D eigenvalue weighted by molar-refractivity contribution is 0.214. The normalized spacial score (nSPS) is 21.9. The Hall–Kier alpha value is 0.180. The zero-order valence-electron chi connectivity index (χ0n) is 10.3. The van der Waals surface area contributed by atoms with Crippen LogP contribution in [0.15, 0.2) is 12.1 Å². The summed E-state index contributed by atoms with van der Waals surface area (Å²) >= 11 is 5.94. The maximum Gasteiger partial charge on any atom is 0.0542 e. The summed E-state index contributed by atoms with van der Waals surface area (Å²) < 4.78 is 0. The number of halogens is 1. The number of hydrogen-bond donors (Lipinski definition) is 0. The van der Waals surface area contributed by atoms with Crippen molar-refractivity contribution in [2.24, 2.45) is 5.41 Å². The number of thiophene rings is 1. The highest BCUT2D eigenvalue weighted by atomic mass is 79.9. The minimum absolute atomic E-state index is 0.480. The lowest BCUT2D eigenvalue weighted by atomic mass is 9.73. The van der Waals surface area contributed by atoms with E-state index in [-0.39, 0.29) is 0 Å². The van der Waals surface area contributed by atoms with Gasteiger partial charge < -0.3 is 0 Å². The first kappa shape index (κ1) is 12.6. The highest BCUT2D eigenvalue weighted by Crippen LogP contribution is 2.51. The second-order valence-electron chi connectivity index (χ2n) is 5.23. The molecule has 0 bridgehead atoms. The van der Waals surface area contributed by atoms with Crippen molar-refractivity contribution in [3.8, 4) is 0 Å². The van der Waals surface area contributed by atoms with E-state index in [1.54, 1.807) is 0 Å². The lowest BCUT2D eigenvalue weighted by Crippen LogP contribution is -2.24. The Bertz CT molecular complexity index is 336. The van der Waals surface area contributed by atoms with E-state index in [1.807, 2.05) is 11.3 Å². The van der Waals surface area contributed by atoms with Gasteiger partial charge in [0.1, 0.15) is 0 Å². The van der Waals surface area contributed by atoms with Crippen LogP contribution in [0.5, 0.6) is 0 Å². The number of alkyl halides is 1.